The molecule has 5 heterocycles. The van der Waals surface area contributed by atoms with E-state index in [1.165, 1.54) is 18.4 Å². The molecule has 0 aliphatic carbocycles. The van der Waals surface area contributed by atoms with Gasteiger partial charge in [-0.05, 0) is 43.4 Å². The summed E-state index contributed by atoms with van der Waals surface area (Å²) in [5.41, 5.74) is 2.83. The molecular weight excluding hydrogens is 354 g/mol. The molecule has 0 aromatic carbocycles. The largest absolute Gasteiger partial charge is 0.376 e. The number of fused-ring (bicyclic) bond motifs is 1. The Kier molecular flexibility index (Phi) is 4.78. The average molecular weight is 379 g/mol. The third-order valence-corrected chi connectivity index (χ3v) is 5.53. The molecule has 2 aliphatic rings. The molecule has 3 aromatic heterocycles. The van der Waals surface area contributed by atoms with Crippen LogP contribution in [0.25, 0.3) is 11.2 Å². The SMILES string of the molecule is c1cc(CNc2ncnc3c2ncn3CC2CCCO2)cc(N2CCCC2)n1. The lowest BCUT2D eigenvalue weighted by atomic mass is 10.2. The second-order valence-electron chi connectivity index (χ2n) is 7.50. The highest BCUT2D eigenvalue weighted by Gasteiger charge is 2.19. The molecule has 2 fully saturated rings. The molecule has 1 N–H and O–H groups in total. The average Bonchev–Trinajstić information content (AvgIpc) is 3.50. The number of anilines is 2. The molecule has 3 aromatic rings. The van der Waals surface area contributed by atoms with E-state index in [1.54, 1.807) is 6.33 Å². The Morgan fingerprint density at radius 1 is 1.11 bits per heavy atom. The molecule has 146 valence electrons. The van der Waals surface area contributed by atoms with Crippen LogP contribution < -0.4 is 10.2 Å². The fraction of sp³-hybridized carbons (Fsp3) is 0.500. The van der Waals surface area contributed by atoms with Gasteiger partial charge in [0.2, 0.25) is 0 Å². The zero-order valence-electron chi connectivity index (χ0n) is 15.9. The molecule has 2 saturated heterocycles. The van der Waals surface area contributed by atoms with Crippen LogP contribution in [0.1, 0.15) is 31.2 Å². The van der Waals surface area contributed by atoms with E-state index in [4.69, 9.17) is 4.74 Å². The normalized spacial score (nSPS) is 19.6. The van der Waals surface area contributed by atoms with Gasteiger partial charge in [0.15, 0.2) is 11.5 Å². The predicted octanol–water partition coefficient (Wildman–Crippen LogP) is 2.61. The van der Waals surface area contributed by atoms with E-state index >= 15 is 0 Å². The minimum Gasteiger partial charge on any atom is -0.376 e. The zero-order valence-corrected chi connectivity index (χ0v) is 15.9. The Morgan fingerprint density at radius 3 is 2.89 bits per heavy atom. The highest BCUT2D eigenvalue weighted by molar-refractivity contribution is 5.82. The van der Waals surface area contributed by atoms with Gasteiger partial charge in [0.05, 0.1) is 19.0 Å². The van der Waals surface area contributed by atoms with Gasteiger partial charge in [0, 0.05) is 32.4 Å². The summed E-state index contributed by atoms with van der Waals surface area (Å²) < 4.78 is 7.81. The number of nitrogens with zero attached hydrogens (tertiary/aromatic N) is 6. The maximum atomic E-state index is 5.75. The number of ether oxygens (including phenoxy) is 1. The summed E-state index contributed by atoms with van der Waals surface area (Å²) in [4.78, 5) is 20.3. The van der Waals surface area contributed by atoms with Crippen LogP contribution >= 0.6 is 0 Å². The maximum Gasteiger partial charge on any atom is 0.165 e. The first-order chi connectivity index (χ1) is 13.9. The fourth-order valence-electron chi connectivity index (χ4n) is 4.03. The molecular formula is C20H25N7O. The number of nitrogens with one attached hydrogen (secondary N) is 1. The maximum absolute atomic E-state index is 5.75. The summed E-state index contributed by atoms with van der Waals surface area (Å²) in [6.07, 6.45) is 10.3. The zero-order chi connectivity index (χ0) is 18.8. The van der Waals surface area contributed by atoms with E-state index in [0.29, 0.717) is 6.54 Å². The Morgan fingerprint density at radius 2 is 2.04 bits per heavy atom. The molecule has 28 heavy (non-hydrogen) atoms. The van der Waals surface area contributed by atoms with Crippen LogP contribution in [0.5, 0.6) is 0 Å². The van der Waals surface area contributed by atoms with Crippen LogP contribution in [-0.2, 0) is 17.8 Å². The van der Waals surface area contributed by atoms with Gasteiger partial charge >= 0.3 is 0 Å². The van der Waals surface area contributed by atoms with Gasteiger partial charge in [-0.2, -0.15) is 0 Å². The molecule has 0 bridgehead atoms. The Labute approximate surface area is 164 Å². The molecule has 2 aliphatic heterocycles. The van der Waals surface area contributed by atoms with Crippen LogP contribution in [0.2, 0.25) is 0 Å². The standard InChI is InChI=1S/C20H25N7O/c1-2-8-26(7-1)17-10-15(5-6-21-17)11-22-19-18-20(24-13-23-19)27(14-25-18)12-16-4-3-9-28-16/h5-6,10,13-14,16H,1-4,7-9,11-12H2,(H,22,23,24). The van der Waals surface area contributed by atoms with E-state index in [9.17, 15) is 0 Å². The number of rotatable bonds is 6. The lowest BCUT2D eigenvalue weighted by Crippen LogP contribution is -2.19. The lowest BCUT2D eigenvalue weighted by Gasteiger charge is -2.17. The Balaban J connectivity index is 1.31. The summed E-state index contributed by atoms with van der Waals surface area (Å²) in [6, 6.07) is 4.20. The third-order valence-electron chi connectivity index (χ3n) is 5.53. The second kappa shape index (κ2) is 7.71. The fourth-order valence-corrected chi connectivity index (χ4v) is 4.03. The van der Waals surface area contributed by atoms with Crippen molar-refractivity contribution in [2.45, 2.75) is 44.9 Å². The number of hydrogen-bond donors (Lipinski definition) is 1. The summed E-state index contributed by atoms with van der Waals surface area (Å²) in [5, 5.41) is 3.42. The summed E-state index contributed by atoms with van der Waals surface area (Å²) in [5.74, 6) is 1.82. The minimum absolute atomic E-state index is 0.254. The number of pyridine rings is 1. The van der Waals surface area contributed by atoms with Crippen LogP contribution in [0.15, 0.2) is 31.0 Å². The van der Waals surface area contributed by atoms with E-state index in [1.807, 2.05) is 18.6 Å². The third kappa shape index (κ3) is 3.52. The summed E-state index contributed by atoms with van der Waals surface area (Å²) >= 11 is 0. The molecule has 1 unspecified atom stereocenters. The summed E-state index contributed by atoms with van der Waals surface area (Å²) in [6.45, 7) is 4.51. The van der Waals surface area contributed by atoms with Gasteiger partial charge in [-0.25, -0.2) is 19.9 Å². The molecule has 0 radical (unpaired) electrons. The van der Waals surface area contributed by atoms with Crippen LogP contribution in [0.4, 0.5) is 11.6 Å². The first-order valence-electron chi connectivity index (χ1n) is 10.1. The first-order valence-corrected chi connectivity index (χ1v) is 10.1. The molecule has 0 amide bonds. The van der Waals surface area contributed by atoms with Crippen molar-refractivity contribution in [3.8, 4) is 0 Å². The molecule has 8 nitrogen and oxygen atoms in total. The highest BCUT2D eigenvalue weighted by Crippen LogP contribution is 2.22. The van der Waals surface area contributed by atoms with Gasteiger partial charge in [0.1, 0.15) is 17.7 Å². The van der Waals surface area contributed by atoms with Crippen LogP contribution in [-0.4, -0.2) is 50.3 Å². The van der Waals surface area contributed by atoms with Gasteiger partial charge < -0.3 is 19.5 Å². The van der Waals surface area contributed by atoms with E-state index in [2.05, 4.69) is 40.8 Å². The summed E-state index contributed by atoms with van der Waals surface area (Å²) in [7, 11) is 0. The van der Waals surface area contributed by atoms with Crippen molar-refractivity contribution < 1.29 is 4.74 Å². The van der Waals surface area contributed by atoms with Crippen molar-refractivity contribution >= 4 is 22.8 Å². The second-order valence-corrected chi connectivity index (χ2v) is 7.50. The Hall–Kier alpha value is -2.74. The monoisotopic (exact) mass is 379 g/mol. The number of hydrogen-bond acceptors (Lipinski definition) is 7. The van der Waals surface area contributed by atoms with Crippen molar-refractivity contribution in [2.24, 2.45) is 0 Å². The van der Waals surface area contributed by atoms with E-state index in [-0.39, 0.29) is 6.10 Å². The smallest absolute Gasteiger partial charge is 0.165 e. The van der Waals surface area contributed by atoms with Crippen LogP contribution in [0, 0.1) is 0 Å². The first kappa shape index (κ1) is 17.4. The Bertz CT molecular complexity index is 945. The molecule has 0 spiro atoms. The van der Waals surface area contributed by atoms with Gasteiger partial charge in [-0.3, -0.25) is 0 Å². The van der Waals surface area contributed by atoms with Gasteiger partial charge in [0.25, 0.3) is 0 Å². The predicted molar refractivity (Wildman–Crippen MR) is 107 cm³/mol. The molecule has 0 saturated carbocycles. The highest BCUT2D eigenvalue weighted by atomic mass is 16.5. The van der Waals surface area contributed by atoms with Crippen molar-refractivity contribution in [3.05, 3.63) is 36.5 Å². The van der Waals surface area contributed by atoms with Crippen molar-refractivity contribution in [1.29, 1.82) is 0 Å². The molecule has 1 atom stereocenters. The minimum atomic E-state index is 0.254. The molecule has 5 rings (SSSR count). The number of imidazole rings is 1. The van der Waals surface area contributed by atoms with E-state index in [0.717, 1.165) is 61.9 Å². The van der Waals surface area contributed by atoms with Crippen LogP contribution in [0.3, 0.4) is 0 Å². The topological polar surface area (TPSA) is 81.0 Å². The number of aromatic nitrogens is 5. The molecule has 8 heteroatoms. The quantitative estimate of drug-likeness (QED) is 0.705. The van der Waals surface area contributed by atoms with Crippen molar-refractivity contribution in [2.75, 3.05) is 29.9 Å². The lowest BCUT2D eigenvalue weighted by molar-refractivity contribution is 0.0978. The van der Waals surface area contributed by atoms with Gasteiger partial charge in [-0.1, -0.05) is 0 Å². The van der Waals surface area contributed by atoms with Gasteiger partial charge in [-0.15, -0.1) is 0 Å². The van der Waals surface area contributed by atoms with E-state index < -0.39 is 0 Å². The van der Waals surface area contributed by atoms with Crippen molar-refractivity contribution in [1.82, 2.24) is 24.5 Å². The van der Waals surface area contributed by atoms with Crippen molar-refractivity contribution in [3.63, 3.8) is 0 Å².